The highest BCUT2D eigenvalue weighted by Gasteiger charge is 2.23. The quantitative estimate of drug-likeness (QED) is 0.674. The molecule has 0 saturated heterocycles. The monoisotopic (exact) mass is 403 g/mol. The minimum Gasteiger partial charge on any atom is -0.495 e. The summed E-state index contributed by atoms with van der Waals surface area (Å²) >= 11 is 12.1. The van der Waals surface area contributed by atoms with Crippen molar-refractivity contribution in [3.8, 4) is 5.75 Å². The average Bonchev–Trinajstić information content (AvgIpc) is 3.00. The van der Waals surface area contributed by atoms with E-state index in [-0.39, 0.29) is 5.91 Å². The van der Waals surface area contributed by atoms with Crippen LogP contribution in [0.4, 0.5) is 5.69 Å². The molecule has 0 bridgehead atoms. The maximum atomic E-state index is 12.4. The molecule has 2 aromatic carbocycles. The van der Waals surface area contributed by atoms with E-state index >= 15 is 0 Å². The molecule has 1 aromatic heterocycles. The number of methoxy groups -OCH3 is 1. The van der Waals surface area contributed by atoms with Gasteiger partial charge in [-0.2, -0.15) is 0 Å². The lowest BCUT2D eigenvalue weighted by Crippen LogP contribution is -2.37. The van der Waals surface area contributed by atoms with Crippen LogP contribution in [-0.4, -0.2) is 36.0 Å². The number of amides is 1. The van der Waals surface area contributed by atoms with E-state index in [4.69, 9.17) is 27.9 Å². The Labute approximate surface area is 167 Å². The molecule has 1 aliphatic rings. The van der Waals surface area contributed by atoms with Crippen molar-refractivity contribution in [3.05, 3.63) is 57.7 Å². The van der Waals surface area contributed by atoms with E-state index in [0.717, 1.165) is 41.0 Å². The molecule has 0 aliphatic carbocycles. The molecule has 0 fully saturated rings. The summed E-state index contributed by atoms with van der Waals surface area (Å²) in [6.45, 7) is 1.82. The largest absolute Gasteiger partial charge is 0.495 e. The lowest BCUT2D eigenvalue weighted by molar-refractivity contribution is -0.117. The number of carbonyl (C=O) groups is 1. The molecular formula is C20H19Cl2N3O2. The third kappa shape index (κ3) is 3.76. The fourth-order valence-electron chi connectivity index (χ4n) is 3.56. The Balaban J connectivity index is 1.49. The fraction of sp³-hybridized carbons (Fsp3) is 0.250. The zero-order valence-corrected chi connectivity index (χ0v) is 16.3. The number of H-pyrrole nitrogens is 1. The summed E-state index contributed by atoms with van der Waals surface area (Å²) in [5, 5.41) is 5.31. The Bertz CT molecular complexity index is 999. The van der Waals surface area contributed by atoms with E-state index in [9.17, 15) is 4.79 Å². The van der Waals surface area contributed by atoms with E-state index < -0.39 is 0 Å². The Morgan fingerprint density at radius 2 is 2.00 bits per heavy atom. The van der Waals surface area contributed by atoms with Crippen LogP contribution in [0.3, 0.4) is 0 Å². The third-order valence-corrected chi connectivity index (χ3v) is 5.28. The van der Waals surface area contributed by atoms with Crippen LogP contribution in [-0.2, 0) is 17.8 Å². The van der Waals surface area contributed by atoms with E-state index in [2.05, 4.69) is 15.2 Å². The molecule has 7 heteroatoms. The molecule has 4 rings (SSSR count). The second-order valence-corrected chi connectivity index (χ2v) is 7.50. The molecule has 1 aliphatic heterocycles. The van der Waals surface area contributed by atoms with Crippen molar-refractivity contribution in [1.82, 2.24) is 9.88 Å². The number of carbonyl (C=O) groups excluding carboxylic acids is 1. The Hall–Kier alpha value is -2.21. The summed E-state index contributed by atoms with van der Waals surface area (Å²) in [5.74, 6) is 0.691. The number of hydrogen-bond donors (Lipinski definition) is 2. The summed E-state index contributed by atoms with van der Waals surface area (Å²) in [7, 11) is 1.64. The summed E-state index contributed by atoms with van der Waals surface area (Å²) < 4.78 is 5.45. The van der Waals surface area contributed by atoms with Crippen LogP contribution in [0, 0.1) is 0 Å². The van der Waals surface area contributed by atoms with Gasteiger partial charge in [0.15, 0.2) is 0 Å². The van der Waals surface area contributed by atoms with Gasteiger partial charge in [0.25, 0.3) is 0 Å². The Morgan fingerprint density at radius 3 is 2.74 bits per heavy atom. The third-order valence-electron chi connectivity index (χ3n) is 4.81. The number of rotatable bonds is 4. The molecule has 1 amide bonds. The molecular weight excluding hydrogens is 385 g/mol. The Kier molecular flexibility index (Phi) is 5.00. The van der Waals surface area contributed by atoms with Crippen LogP contribution >= 0.6 is 23.2 Å². The first-order chi connectivity index (χ1) is 13.0. The van der Waals surface area contributed by atoms with E-state index in [1.807, 2.05) is 12.1 Å². The molecule has 0 unspecified atom stereocenters. The van der Waals surface area contributed by atoms with Crippen LogP contribution in [0.15, 0.2) is 36.4 Å². The van der Waals surface area contributed by atoms with Gasteiger partial charge < -0.3 is 15.0 Å². The molecule has 0 radical (unpaired) electrons. The summed E-state index contributed by atoms with van der Waals surface area (Å²) in [4.78, 5) is 17.9. The lowest BCUT2D eigenvalue weighted by Gasteiger charge is -2.26. The van der Waals surface area contributed by atoms with Gasteiger partial charge in [0, 0.05) is 46.0 Å². The highest BCUT2D eigenvalue weighted by Crippen LogP contribution is 2.35. The number of aromatic amines is 1. The molecule has 5 nitrogen and oxygen atoms in total. The first kappa shape index (κ1) is 18.2. The average molecular weight is 404 g/mol. The van der Waals surface area contributed by atoms with E-state index in [1.54, 1.807) is 31.4 Å². The van der Waals surface area contributed by atoms with Crippen molar-refractivity contribution >= 4 is 45.7 Å². The van der Waals surface area contributed by atoms with Crippen LogP contribution in [0.2, 0.25) is 10.0 Å². The number of anilines is 1. The molecule has 2 N–H and O–H groups in total. The number of aromatic nitrogens is 1. The van der Waals surface area contributed by atoms with Gasteiger partial charge in [-0.15, -0.1) is 0 Å². The second-order valence-electron chi connectivity index (χ2n) is 6.63. The molecule has 0 spiro atoms. The standard InChI is InChI=1S/C20H19Cl2N3O2/c1-27-18-9-13(22)8-16-15-6-7-25(10-17(15)24-20(16)18)11-19(26)23-14-4-2-12(21)3-5-14/h2-5,8-9,24H,6-7,10-11H2,1H3,(H,23,26). The molecule has 2 heterocycles. The van der Waals surface area contributed by atoms with E-state index in [1.165, 1.54) is 5.56 Å². The first-order valence-corrected chi connectivity index (χ1v) is 9.44. The molecule has 27 heavy (non-hydrogen) atoms. The number of fused-ring (bicyclic) bond motifs is 3. The summed E-state index contributed by atoms with van der Waals surface area (Å²) in [6.07, 6.45) is 0.854. The minimum absolute atomic E-state index is 0.0440. The molecule has 0 saturated carbocycles. The van der Waals surface area contributed by atoms with Crippen LogP contribution in [0.25, 0.3) is 10.9 Å². The molecule has 0 atom stereocenters. The topological polar surface area (TPSA) is 57.4 Å². The maximum Gasteiger partial charge on any atom is 0.238 e. The van der Waals surface area contributed by atoms with Gasteiger partial charge in [0.1, 0.15) is 5.75 Å². The lowest BCUT2D eigenvalue weighted by atomic mass is 10.0. The van der Waals surface area contributed by atoms with Gasteiger partial charge in [0.05, 0.1) is 19.2 Å². The number of halogens is 2. The smallest absolute Gasteiger partial charge is 0.238 e. The summed E-state index contributed by atoms with van der Waals surface area (Å²) in [5.41, 5.74) is 4.06. The SMILES string of the molecule is COc1cc(Cl)cc2c3c([nH]c12)CN(CC(=O)Nc1ccc(Cl)cc1)CC3. The number of ether oxygens (including phenoxy) is 1. The van der Waals surface area contributed by atoms with Gasteiger partial charge in [-0.25, -0.2) is 0 Å². The van der Waals surface area contributed by atoms with Crippen LogP contribution in [0.1, 0.15) is 11.3 Å². The number of benzene rings is 2. The number of hydrogen-bond acceptors (Lipinski definition) is 3. The Morgan fingerprint density at radius 1 is 1.22 bits per heavy atom. The van der Waals surface area contributed by atoms with Gasteiger partial charge in [-0.3, -0.25) is 9.69 Å². The van der Waals surface area contributed by atoms with Gasteiger partial charge in [0.2, 0.25) is 5.91 Å². The maximum absolute atomic E-state index is 12.4. The highest BCUT2D eigenvalue weighted by atomic mass is 35.5. The van der Waals surface area contributed by atoms with Gasteiger partial charge in [-0.1, -0.05) is 23.2 Å². The summed E-state index contributed by atoms with van der Waals surface area (Å²) in [6, 6.07) is 10.9. The van der Waals surface area contributed by atoms with Crippen molar-refractivity contribution in [2.24, 2.45) is 0 Å². The van der Waals surface area contributed by atoms with E-state index in [0.29, 0.717) is 23.1 Å². The highest BCUT2D eigenvalue weighted by molar-refractivity contribution is 6.31. The zero-order chi connectivity index (χ0) is 19.0. The van der Waals surface area contributed by atoms with Crippen LogP contribution < -0.4 is 10.1 Å². The van der Waals surface area contributed by atoms with Gasteiger partial charge >= 0.3 is 0 Å². The van der Waals surface area contributed by atoms with Crippen molar-refractivity contribution in [3.63, 3.8) is 0 Å². The van der Waals surface area contributed by atoms with Gasteiger partial charge in [-0.05, 0) is 42.3 Å². The van der Waals surface area contributed by atoms with Crippen LogP contribution in [0.5, 0.6) is 5.75 Å². The zero-order valence-electron chi connectivity index (χ0n) is 14.8. The van der Waals surface area contributed by atoms with Crippen molar-refractivity contribution < 1.29 is 9.53 Å². The minimum atomic E-state index is -0.0440. The normalized spacial score (nSPS) is 14.2. The second kappa shape index (κ2) is 7.43. The molecule has 3 aromatic rings. The predicted octanol–water partition coefficient (Wildman–Crippen LogP) is 4.48. The van der Waals surface area contributed by atoms with Crippen molar-refractivity contribution in [1.29, 1.82) is 0 Å². The number of nitrogens with one attached hydrogen (secondary N) is 2. The predicted molar refractivity (Wildman–Crippen MR) is 109 cm³/mol. The fourth-order valence-corrected chi connectivity index (χ4v) is 3.90. The number of nitrogens with zero attached hydrogens (tertiary/aromatic N) is 1. The van der Waals surface area contributed by atoms with Crippen molar-refractivity contribution in [2.75, 3.05) is 25.5 Å². The first-order valence-electron chi connectivity index (χ1n) is 8.68. The molecule has 140 valence electrons. The van der Waals surface area contributed by atoms with Crippen molar-refractivity contribution in [2.45, 2.75) is 13.0 Å².